The maximum atomic E-state index is 13.7. The van der Waals surface area contributed by atoms with Gasteiger partial charge in [-0.05, 0) is 150 Å². The zero-order chi connectivity index (χ0) is 39.3. The molecule has 0 heterocycles. The Morgan fingerprint density at radius 3 is 2.02 bits per heavy atom. The van der Waals surface area contributed by atoms with E-state index in [1.165, 1.54) is 38.5 Å². The smallest absolute Gasteiger partial charge is 0.222 e. The molecule has 2 saturated carbocycles. The Morgan fingerprint density at radius 1 is 0.811 bits per heavy atom. The minimum absolute atomic E-state index is 0.0419. The first kappa shape index (κ1) is 48.4. The number of hydrogen-bond donors (Lipinski definition) is 3. The molecular weight excluding hydrogens is 661 g/mol. The summed E-state index contributed by atoms with van der Waals surface area (Å²) in [6.07, 6.45) is 19.8. The molecule has 0 aromatic heterocycles. The molecule has 10 atom stereocenters. The van der Waals surface area contributed by atoms with Crippen LogP contribution in [0.1, 0.15) is 171 Å². The maximum absolute atomic E-state index is 13.7. The number of nitrogens with zero attached hydrogens (tertiary/aromatic N) is 1. The average molecular weight is 751 g/mol. The van der Waals surface area contributed by atoms with E-state index < -0.39 is 0 Å². The van der Waals surface area contributed by atoms with Crippen LogP contribution in [-0.2, 0) is 19.0 Å². The van der Waals surface area contributed by atoms with Gasteiger partial charge in [-0.15, -0.1) is 0 Å². The van der Waals surface area contributed by atoms with E-state index >= 15 is 0 Å². The number of amides is 1. The van der Waals surface area contributed by atoms with Gasteiger partial charge in [-0.25, -0.2) is 0 Å². The third-order valence-electron chi connectivity index (χ3n) is 14.3. The van der Waals surface area contributed by atoms with E-state index in [2.05, 4.69) is 60.3 Å². The molecule has 0 radical (unpaired) electrons. The number of carbonyl (C=O) groups excluding carboxylic acids is 1. The second kappa shape index (κ2) is 26.2. The van der Waals surface area contributed by atoms with E-state index in [0.29, 0.717) is 68.2 Å². The summed E-state index contributed by atoms with van der Waals surface area (Å²) < 4.78 is 19.7. The van der Waals surface area contributed by atoms with Gasteiger partial charge >= 0.3 is 0 Å². The number of nitrogens with two attached hydrogens (primary N) is 3. The molecule has 0 saturated heterocycles. The molecule has 2 aliphatic rings. The van der Waals surface area contributed by atoms with E-state index in [1.807, 2.05) is 0 Å². The van der Waals surface area contributed by atoms with E-state index in [-0.39, 0.29) is 29.1 Å². The first-order valence-electron chi connectivity index (χ1n) is 22.6. The Bertz CT molecular complexity index is 943. The standard InChI is InChI=1S/C45H90N4O4/c1-9-11-13-27-49(28-14-12-10-2)43(50)21-18-35(3)41-20-19-36(4)45(41,8)42(53-31-17-26-48)32-37(5)44(7)23-22-40(52-30-16-25-47)34-39(44)33-38(6)51-29-15-24-46/h35-42H,9-34,46-48H2,1-8H3/t35-,36-,37-,38+,39?,40-,41-,42+,44-,45+/m1/s1. The topological polar surface area (TPSA) is 126 Å². The number of carbonyl (C=O) groups is 1. The van der Waals surface area contributed by atoms with Crippen molar-refractivity contribution in [2.75, 3.05) is 52.5 Å². The lowest BCUT2D eigenvalue weighted by Crippen LogP contribution is -2.48. The molecule has 314 valence electrons. The highest BCUT2D eigenvalue weighted by Crippen LogP contribution is 2.58. The summed E-state index contributed by atoms with van der Waals surface area (Å²) in [5.74, 6) is 2.89. The molecule has 53 heavy (non-hydrogen) atoms. The van der Waals surface area contributed by atoms with Crippen LogP contribution in [0, 0.1) is 40.4 Å². The van der Waals surface area contributed by atoms with Crippen LogP contribution in [0.4, 0.5) is 0 Å². The molecule has 6 N–H and O–H groups in total. The zero-order valence-corrected chi connectivity index (χ0v) is 36.3. The molecule has 8 heteroatoms. The van der Waals surface area contributed by atoms with E-state index in [4.69, 9.17) is 31.4 Å². The van der Waals surface area contributed by atoms with Crippen LogP contribution in [0.2, 0.25) is 0 Å². The average Bonchev–Trinajstić information content (AvgIpc) is 3.45. The van der Waals surface area contributed by atoms with E-state index in [0.717, 1.165) is 96.9 Å². The molecule has 0 aromatic rings. The van der Waals surface area contributed by atoms with Crippen molar-refractivity contribution in [1.82, 2.24) is 4.90 Å². The summed E-state index contributed by atoms with van der Waals surface area (Å²) in [5, 5.41) is 0. The molecule has 2 aliphatic carbocycles. The summed E-state index contributed by atoms with van der Waals surface area (Å²) in [6, 6.07) is 0. The number of rotatable bonds is 30. The van der Waals surface area contributed by atoms with Gasteiger partial charge in [0.1, 0.15) is 0 Å². The molecule has 8 nitrogen and oxygen atoms in total. The Kier molecular flexibility index (Phi) is 23.9. The van der Waals surface area contributed by atoms with Crippen molar-refractivity contribution in [3.8, 4) is 0 Å². The van der Waals surface area contributed by atoms with Crippen LogP contribution in [-0.4, -0.2) is 81.7 Å². The van der Waals surface area contributed by atoms with Crippen molar-refractivity contribution in [2.24, 2.45) is 57.6 Å². The van der Waals surface area contributed by atoms with Gasteiger partial charge in [-0.2, -0.15) is 0 Å². The van der Waals surface area contributed by atoms with Crippen LogP contribution in [0.5, 0.6) is 0 Å². The molecule has 0 spiro atoms. The fourth-order valence-corrected chi connectivity index (χ4v) is 10.2. The van der Waals surface area contributed by atoms with Gasteiger partial charge < -0.3 is 36.3 Å². The monoisotopic (exact) mass is 751 g/mol. The fraction of sp³-hybridized carbons (Fsp3) is 0.978. The van der Waals surface area contributed by atoms with Gasteiger partial charge in [0.2, 0.25) is 5.91 Å². The summed E-state index contributed by atoms with van der Waals surface area (Å²) in [7, 11) is 0. The summed E-state index contributed by atoms with van der Waals surface area (Å²) >= 11 is 0. The van der Waals surface area contributed by atoms with E-state index in [1.54, 1.807) is 0 Å². The lowest BCUT2D eigenvalue weighted by molar-refractivity contribution is -0.132. The van der Waals surface area contributed by atoms with Crippen molar-refractivity contribution in [3.63, 3.8) is 0 Å². The largest absolute Gasteiger partial charge is 0.378 e. The SMILES string of the molecule is CCCCCN(CCCCC)C(=O)CC[C@@H](C)[C@H]1CC[C@@H](C)[C@]1(C)[C@H](C[C@@H](C)[C@@]1(C)CC[C@@H](OCCCN)CC1C[C@H](C)OCCCN)OCCCN. The molecule has 0 bridgehead atoms. The van der Waals surface area contributed by atoms with Crippen molar-refractivity contribution in [2.45, 2.75) is 189 Å². The summed E-state index contributed by atoms with van der Waals surface area (Å²) in [6.45, 7) is 25.2. The van der Waals surface area contributed by atoms with Crippen molar-refractivity contribution >= 4 is 5.91 Å². The van der Waals surface area contributed by atoms with Gasteiger partial charge in [-0.1, -0.05) is 74.1 Å². The molecule has 0 aliphatic heterocycles. The molecule has 2 rings (SSSR count). The van der Waals surface area contributed by atoms with Gasteiger partial charge in [0.05, 0.1) is 18.3 Å². The Morgan fingerprint density at radius 2 is 1.42 bits per heavy atom. The van der Waals surface area contributed by atoms with Gasteiger partial charge in [0, 0.05) is 39.3 Å². The van der Waals surface area contributed by atoms with Crippen LogP contribution >= 0.6 is 0 Å². The molecule has 0 aromatic carbocycles. The normalized spacial score (nSPS) is 28.5. The van der Waals surface area contributed by atoms with Gasteiger partial charge in [-0.3, -0.25) is 4.79 Å². The zero-order valence-electron chi connectivity index (χ0n) is 36.3. The van der Waals surface area contributed by atoms with Crippen molar-refractivity contribution in [3.05, 3.63) is 0 Å². The van der Waals surface area contributed by atoms with Gasteiger partial charge in [0.15, 0.2) is 0 Å². The second-order valence-electron chi connectivity index (χ2n) is 18.1. The first-order valence-corrected chi connectivity index (χ1v) is 22.6. The Labute approximate surface area is 328 Å². The van der Waals surface area contributed by atoms with Crippen LogP contribution in [0.25, 0.3) is 0 Å². The molecule has 1 unspecified atom stereocenters. The third-order valence-corrected chi connectivity index (χ3v) is 14.3. The maximum Gasteiger partial charge on any atom is 0.222 e. The Balaban J connectivity index is 2.28. The molecule has 2 fully saturated rings. The van der Waals surface area contributed by atoms with Crippen LogP contribution < -0.4 is 17.2 Å². The van der Waals surface area contributed by atoms with Gasteiger partial charge in [0.25, 0.3) is 0 Å². The highest BCUT2D eigenvalue weighted by atomic mass is 16.5. The van der Waals surface area contributed by atoms with E-state index in [9.17, 15) is 4.79 Å². The predicted molar refractivity (Wildman–Crippen MR) is 224 cm³/mol. The number of unbranched alkanes of at least 4 members (excludes halogenated alkanes) is 4. The quantitative estimate of drug-likeness (QED) is 0.0626. The number of hydrogen-bond acceptors (Lipinski definition) is 7. The first-order chi connectivity index (χ1) is 25.4. The minimum atomic E-state index is 0.0419. The number of ether oxygens (including phenoxy) is 3. The van der Waals surface area contributed by atoms with Crippen LogP contribution in [0.3, 0.4) is 0 Å². The summed E-state index contributed by atoms with van der Waals surface area (Å²) in [5.41, 5.74) is 17.8. The third kappa shape index (κ3) is 15.3. The van der Waals surface area contributed by atoms with Crippen molar-refractivity contribution < 1.29 is 19.0 Å². The second-order valence-corrected chi connectivity index (χ2v) is 18.1. The molecule has 1 amide bonds. The summed E-state index contributed by atoms with van der Waals surface area (Å²) in [4.78, 5) is 15.9. The van der Waals surface area contributed by atoms with Crippen molar-refractivity contribution in [1.29, 1.82) is 0 Å². The lowest BCUT2D eigenvalue weighted by atomic mass is 9.56. The Hall–Kier alpha value is -0.770. The minimum Gasteiger partial charge on any atom is -0.378 e. The predicted octanol–water partition coefficient (Wildman–Crippen LogP) is 9.11. The lowest BCUT2D eigenvalue weighted by Gasteiger charge is -2.52. The highest BCUT2D eigenvalue weighted by molar-refractivity contribution is 5.76. The fourth-order valence-electron chi connectivity index (χ4n) is 10.2. The molecular formula is C45H90N4O4. The van der Waals surface area contributed by atoms with Crippen LogP contribution in [0.15, 0.2) is 0 Å². The highest BCUT2D eigenvalue weighted by Gasteiger charge is 2.53.